The van der Waals surface area contributed by atoms with Crippen LogP contribution in [0.15, 0.2) is 0 Å². The molecule has 1 aromatic heterocycles. The summed E-state index contributed by atoms with van der Waals surface area (Å²) >= 11 is 0. The Morgan fingerprint density at radius 1 is 0.944 bits per heavy atom. The number of unbranched alkanes of at least 4 members (excludes halogenated alkanes) is 3. The van der Waals surface area contributed by atoms with Crippen molar-refractivity contribution < 1.29 is 5.11 Å². The van der Waals surface area contributed by atoms with E-state index in [-0.39, 0.29) is 0 Å². The molecule has 3 nitrogen and oxygen atoms in total. The average Bonchev–Trinajstić information content (AvgIpc) is 2.68. The van der Waals surface area contributed by atoms with Crippen molar-refractivity contribution >= 4 is 0 Å². The summed E-state index contributed by atoms with van der Waals surface area (Å²) < 4.78 is 2.04. The molecule has 0 amide bonds. The molecule has 0 aliphatic carbocycles. The predicted molar refractivity (Wildman–Crippen MR) is 76.0 cm³/mol. The first-order valence-electron chi connectivity index (χ1n) is 7.52. The van der Waals surface area contributed by atoms with Crippen LogP contribution in [-0.2, 0) is 19.4 Å². The van der Waals surface area contributed by atoms with E-state index in [9.17, 15) is 5.11 Å². The molecule has 0 fully saturated rings. The monoisotopic (exact) mass is 252 g/mol. The molecule has 0 atom stereocenters. The molecule has 1 rings (SSSR count). The third kappa shape index (κ3) is 4.04. The van der Waals surface area contributed by atoms with Crippen molar-refractivity contribution in [3.05, 3.63) is 11.4 Å². The molecule has 0 aromatic carbocycles. The molecule has 0 radical (unpaired) electrons. The number of aromatic nitrogens is 2. The van der Waals surface area contributed by atoms with Crippen molar-refractivity contribution in [2.75, 3.05) is 0 Å². The second-order valence-electron chi connectivity index (χ2n) is 5.03. The van der Waals surface area contributed by atoms with E-state index < -0.39 is 0 Å². The fourth-order valence-electron chi connectivity index (χ4n) is 2.14. The van der Waals surface area contributed by atoms with Gasteiger partial charge < -0.3 is 5.11 Å². The van der Waals surface area contributed by atoms with E-state index in [1.807, 2.05) is 4.68 Å². The molecule has 0 unspecified atom stereocenters. The Kier molecular flexibility index (Phi) is 6.84. The second kappa shape index (κ2) is 8.17. The second-order valence-corrected chi connectivity index (χ2v) is 5.03. The van der Waals surface area contributed by atoms with Gasteiger partial charge in [0.25, 0.3) is 0 Å². The van der Waals surface area contributed by atoms with Gasteiger partial charge in [0.2, 0.25) is 0 Å². The summed E-state index contributed by atoms with van der Waals surface area (Å²) in [6.07, 6.45) is 8.68. The molecule has 0 spiro atoms. The minimum absolute atomic E-state index is 0.466. The number of aryl methyl sites for hydroxylation is 2. The lowest BCUT2D eigenvalue weighted by Crippen LogP contribution is -2.05. The molecule has 1 N–H and O–H groups in total. The highest BCUT2D eigenvalue weighted by molar-refractivity contribution is 5.32. The predicted octanol–water partition coefficient (Wildman–Crippen LogP) is 4.07. The Bertz CT molecular complexity index is 345. The molecular formula is C15H28N2O. The van der Waals surface area contributed by atoms with Crippen molar-refractivity contribution in [3.63, 3.8) is 0 Å². The van der Waals surface area contributed by atoms with Gasteiger partial charge in [-0.05, 0) is 32.1 Å². The molecular weight excluding hydrogens is 224 g/mol. The van der Waals surface area contributed by atoms with Crippen LogP contribution in [0.1, 0.15) is 70.7 Å². The first-order chi connectivity index (χ1) is 8.74. The minimum atomic E-state index is 0.466. The van der Waals surface area contributed by atoms with Gasteiger partial charge in [-0.3, -0.25) is 4.68 Å². The Hall–Kier alpha value is -0.990. The fraction of sp³-hybridized carbons (Fsp3) is 0.800. The lowest BCUT2D eigenvalue weighted by Gasteiger charge is -2.06. The maximum absolute atomic E-state index is 10.3. The highest BCUT2D eigenvalue weighted by Gasteiger charge is 2.15. The normalized spacial score (nSPS) is 11.1. The van der Waals surface area contributed by atoms with Crippen LogP contribution in [0.4, 0.5) is 0 Å². The third-order valence-electron chi connectivity index (χ3n) is 3.36. The standard InChI is InChI=1S/C15H28N2O/c1-4-7-10-13-15(18)14(11-8-5-2)17(16-13)12-9-6-3/h18H,4-12H2,1-3H3. The number of hydrogen-bond acceptors (Lipinski definition) is 2. The number of aromatic hydroxyl groups is 1. The fourth-order valence-corrected chi connectivity index (χ4v) is 2.14. The van der Waals surface area contributed by atoms with E-state index in [1.165, 1.54) is 0 Å². The van der Waals surface area contributed by atoms with Gasteiger partial charge in [0.1, 0.15) is 5.69 Å². The summed E-state index contributed by atoms with van der Waals surface area (Å²) in [5.41, 5.74) is 1.95. The van der Waals surface area contributed by atoms with E-state index in [2.05, 4.69) is 25.9 Å². The molecule has 0 aliphatic heterocycles. The summed E-state index contributed by atoms with van der Waals surface area (Å²) in [5.74, 6) is 0.466. The van der Waals surface area contributed by atoms with Crippen LogP contribution >= 0.6 is 0 Å². The smallest absolute Gasteiger partial charge is 0.160 e. The molecule has 0 aliphatic rings. The zero-order valence-electron chi connectivity index (χ0n) is 12.2. The molecule has 3 heteroatoms. The van der Waals surface area contributed by atoms with Gasteiger partial charge >= 0.3 is 0 Å². The highest BCUT2D eigenvalue weighted by atomic mass is 16.3. The largest absolute Gasteiger partial charge is 0.504 e. The summed E-state index contributed by atoms with van der Waals surface area (Å²) in [6.45, 7) is 7.48. The van der Waals surface area contributed by atoms with Gasteiger partial charge in [-0.2, -0.15) is 5.10 Å². The Balaban J connectivity index is 2.83. The number of nitrogens with zero attached hydrogens (tertiary/aromatic N) is 2. The van der Waals surface area contributed by atoms with Crippen molar-refractivity contribution in [2.24, 2.45) is 0 Å². The van der Waals surface area contributed by atoms with Crippen LogP contribution in [0.25, 0.3) is 0 Å². The highest BCUT2D eigenvalue weighted by Crippen LogP contribution is 2.25. The van der Waals surface area contributed by atoms with Crippen LogP contribution in [-0.4, -0.2) is 14.9 Å². The molecule has 18 heavy (non-hydrogen) atoms. The first kappa shape index (κ1) is 15.1. The quantitative estimate of drug-likeness (QED) is 0.719. The minimum Gasteiger partial charge on any atom is -0.504 e. The van der Waals surface area contributed by atoms with Crippen molar-refractivity contribution in [1.82, 2.24) is 9.78 Å². The van der Waals surface area contributed by atoms with Crippen molar-refractivity contribution in [3.8, 4) is 5.75 Å². The first-order valence-corrected chi connectivity index (χ1v) is 7.52. The number of hydrogen-bond donors (Lipinski definition) is 1. The molecule has 1 aromatic rings. The van der Waals surface area contributed by atoms with Crippen LogP contribution in [0.2, 0.25) is 0 Å². The Morgan fingerprint density at radius 2 is 1.56 bits per heavy atom. The van der Waals surface area contributed by atoms with Gasteiger partial charge in [0, 0.05) is 6.54 Å². The van der Waals surface area contributed by atoms with E-state index in [0.29, 0.717) is 5.75 Å². The average molecular weight is 252 g/mol. The van der Waals surface area contributed by atoms with Crippen LogP contribution < -0.4 is 0 Å². The van der Waals surface area contributed by atoms with Gasteiger partial charge in [-0.15, -0.1) is 0 Å². The van der Waals surface area contributed by atoms with Gasteiger partial charge in [-0.1, -0.05) is 40.0 Å². The summed E-state index contributed by atoms with van der Waals surface area (Å²) in [6, 6.07) is 0. The van der Waals surface area contributed by atoms with E-state index in [4.69, 9.17) is 0 Å². The maximum atomic E-state index is 10.3. The third-order valence-corrected chi connectivity index (χ3v) is 3.36. The van der Waals surface area contributed by atoms with Crippen molar-refractivity contribution in [1.29, 1.82) is 0 Å². The van der Waals surface area contributed by atoms with Gasteiger partial charge in [0.15, 0.2) is 5.75 Å². The maximum Gasteiger partial charge on any atom is 0.160 e. The van der Waals surface area contributed by atoms with Crippen LogP contribution in [0.3, 0.4) is 0 Å². The lowest BCUT2D eigenvalue weighted by molar-refractivity contribution is 0.453. The summed E-state index contributed by atoms with van der Waals surface area (Å²) in [4.78, 5) is 0. The Labute approximate surface area is 111 Å². The Morgan fingerprint density at radius 3 is 2.17 bits per heavy atom. The molecule has 0 saturated carbocycles. The molecule has 0 bridgehead atoms. The SMILES string of the molecule is CCCCc1nn(CCCC)c(CCCC)c1O. The van der Waals surface area contributed by atoms with Crippen LogP contribution in [0.5, 0.6) is 5.75 Å². The van der Waals surface area contributed by atoms with Gasteiger partial charge in [0.05, 0.1) is 5.69 Å². The molecule has 104 valence electrons. The van der Waals surface area contributed by atoms with Crippen LogP contribution in [0, 0.1) is 0 Å². The zero-order valence-corrected chi connectivity index (χ0v) is 12.2. The van der Waals surface area contributed by atoms with E-state index in [1.54, 1.807) is 0 Å². The zero-order chi connectivity index (χ0) is 13.4. The topological polar surface area (TPSA) is 38.0 Å². The summed E-state index contributed by atoms with van der Waals surface area (Å²) in [5, 5.41) is 14.9. The van der Waals surface area contributed by atoms with E-state index >= 15 is 0 Å². The van der Waals surface area contributed by atoms with E-state index in [0.717, 1.165) is 69.3 Å². The number of rotatable bonds is 9. The molecule has 1 heterocycles. The lowest BCUT2D eigenvalue weighted by atomic mass is 10.1. The molecule has 0 saturated heterocycles. The van der Waals surface area contributed by atoms with Crippen molar-refractivity contribution in [2.45, 2.75) is 78.7 Å². The summed E-state index contributed by atoms with van der Waals surface area (Å²) in [7, 11) is 0. The van der Waals surface area contributed by atoms with Gasteiger partial charge in [-0.25, -0.2) is 0 Å².